The van der Waals surface area contributed by atoms with Crippen molar-refractivity contribution >= 4 is 27.5 Å². The zero-order chi connectivity index (χ0) is 16.8. The first-order chi connectivity index (χ1) is 10.9. The zero-order valence-electron chi connectivity index (χ0n) is 13.5. The lowest BCUT2D eigenvalue weighted by Gasteiger charge is -2.14. The second-order valence-corrected chi connectivity index (χ2v) is 7.01. The van der Waals surface area contributed by atoms with Crippen molar-refractivity contribution in [2.75, 3.05) is 5.32 Å². The third kappa shape index (κ3) is 5.80. The van der Waals surface area contributed by atoms with Crippen LogP contribution in [0.2, 0.25) is 0 Å². The molecule has 3 N–H and O–H groups in total. The van der Waals surface area contributed by atoms with Gasteiger partial charge in [0.05, 0.1) is 16.7 Å². The Labute approximate surface area is 145 Å². The van der Waals surface area contributed by atoms with Crippen LogP contribution in [0.15, 0.2) is 41.1 Å². The number of carbonyl (C=O) groups is 1. The van der Waals surface area contributed by atoms with Gasteiger partial charge in [0.1, 0.15) is 0 Å². The Bertz CT molecular complexity index is 636. The average molecular weight is 379 g/mol. The highest BCUT2D eigenvalue weighted by atomic mass is 79.9. The molecule has 2 aromatic rings. The summed E-state index contributed by atoms with van der Waals surface area (Å²) < 4.78 is 2.87. The van der Waals surface area contributed by atoms with Gasteiger partial charge in [0.15, 0.2) is 0 Å². The van der Waals surface area contributed by atoms with Crippen LogP contribution in [0, 0.1) is 5.92 Å². The largest absolute Gasteiger partial charge is 0.325 e. The van der Waals surface area contributed by atoms with Crippen molar-refractivity contribution in [1.29, 1.82) is 0 Å². The van der Waals surface area contributed by atoms with Crippen LogP contribution in [0.1, 0.15) is 25.8 Å². The number of hydrogen-bond donors (Lipinski definition) is 2. The maximum atomic E-state index is 12.0. The van der Waals surface area contributed by atoms with E-state index in [4.69, 9.17) is 5.73 Å². The SMILES string of the molecule is CC(C)CC(N)C(=O)Nc1ccc(CCn2cc(Br)cn2)cc1. The van der Waals surface area contributed by atoms with Crippen molar-refractivity contribution < 1.29 is 4.79 Å². The fourth-order valence-corrected chi connectivity index (χ4v) is 2.64. The van der Waals surface area contributed by atoms with Gasteiger partial charge in [-0.3, -0.25) is 9.48 Å². The molecule has 1 atom stereocenters. The van der Waals surface area contributed by atoms with Crippen molar-refractivity contribution in [2.45, 2.75) is 39.3 Å². The van der Waals surface area contributed by atoms with Crippen molar-refractivity contribution in [3.8, 4) is 0 Å². The molecule has 0 saturated carbocycles. The summed E-state index contributed by atoms with van der Waals surface area (Å²) in [6.45, 7) is 4.93. The highest BCUT2D eigenvalue weighted by Crippen LogP contribution is 2.13. The van der Waals surface area contributed by atoms with E-state index in [0.717, 1.165) is 23.1 Å². The second kappa shape index (κ2) is 8.26. The monoisotopic (exact) mass is 378 g/mol. The van der Waals surface area contributed by atoms with Crippen LogP contribution < -0.4 is 11.1 Å². The Kier molecular flexibility index (Phi) is 6.36. The molecule has 0 spiro atoms. The number of nitrogens with one attached hydrogen (secondary N) is 1. The Morgan fingerprint density at radius 2 is 2.04 bits per heavy atom. The van der Waals surface area contributed by atoms with Crippen molar-refractivity contribution in [3.63, 3.8) is 0 Å². The third-order valence-corrected chi connectivity index (χ3v) is 3.92. The van der Waals surface area contributed by atoms with Crippen molar-refractivity contribution in [2.24, 2.45) is 11.7 Å². The molecule has 1 unspecified atom stereocenters. The fourth-order valence-electron chi connectivity index (χ4n) is 2.31. The van der Waals surface area contributed by atoms with Crippen LogP contribution in [0.3, 0.4) is 0 Å². The number of rotatable bonds is 7. The quantitative estimate of drug-likeness (QED) is 0.776. The van der Waals surface area contributed by atoms with Gasteiger partial charge in [-0.2, -0.15) is 5.10 Å². The smallest absolute Gasteiger partial charge is 0.241 e. The number of benzene rings is 1. The summed E-state index contributed by atoms with van der Waals surface area (Å²) in [5.74, 6) is 0.272. The highest BCUT2D eigenvalue weighted by Gasteiger charge is 2.14. The van der Waals surface area contributed by atoms with E-state index >= 15 is 0 Å². The number of anilines is 1. The van der Waals surface area contributed by atoms with Gasteiger partial charge in [-0.1, -0.05) is 26.0 Å². The number of carbonyl (C=O) groups excluding carboxylic acids is 1. The number of nitrogens with zero attached hydrogens (tertiary/aromatic N) is 2. The second-order valence-electron chi connectivity index (χ2n) is 6.09. The molecule has 0 radical (unpaired) electrons. The maximum absolute atomic E-state index is 12.0. The minimum Gasteiger partial charge on any atom is -0.325 e. The Morgan fingerprint density at radius 1 is 1.35 bits per heavy atom. The standard InChI is InChI=1S/C17H23BrN4O/c1-12(2)9-16(19)17(23)21-15-5-3-13(4-6-15)7-8-22-11-14(18)10-20-22/h3-6,10-12,16H,7-9,19H2,1-2H3,(H,21,23). The molecule has 0 aliphatic carbocycles. The predicted octanol–water partition coefficient (Wildman–Crippen LogP) is 3.20. The molecule has 0 bridgehead atoms. The molecule has 0 aliphatic rings. The van der Waals surface area contributed by atoms with E-state index in [1.54, 1.807) is 6.20 Å². The molecule has 5 nitrogen and oxygen atoms in total. The van der Waals surface area contributed by atoms with Gasteiger partial charge in [0.25, 0.3) is 0 Å². The highest BCUT2D eigenvalue weighted by molar-refractivity contribution is 9.10. The molecule has 0 saturated heterocycles. The van der Waals surface area contributed by atoms with Gasteiger partial charge in [0, 0.05) is 18.4 Å². The minimum absolute atomic E-state index is 0.132. The summed E-state index contributed by atoms with van der Waals surface area (Å²) in [4.78, 5) is 12.0. The lowest BCUT2D eigenvalue weighted by molar-refractivity contribution is -0.117. The van der Waals surface area contributed by atoms with Gasteiger partial charge in [-0.05, 0) is 52.4 Å². The molecular formula is C17H23BrN4O. The number of halogens is 1. The van der Waals surface area contributed by atoms with Crippen LogP contribution in [0.25, 0.3) is 0 Å². The number of aryl methyl sites for hydroxylation is 2. The first-order valence-corrected chi connectivity index (χ1v) is 8.56. The fraction of sp³-hybridized carbons (Fsp3) is 0.412. The predicted molar refractivity (Wildman–Crippen MR) is 96.1 cm³/mol. The summed E-state index contributed by atoms with van der Waals surface area (Å²) in [6, 6.07) is 7.39. The van der Waals surface area contributed by atoms with Gasteiger partial charge >= 0.3 is 0 Å². The number of aromatic nitrogens is 2. The van der Waals surface area contributed by atoms with Gasteiger partial charge in [-0.25, -0.2) is 0 Å². The van der Waals surface area contributed by atoms with E-state index in [2.05, 4.69) is 40.2 Å². The van der Waals surface area contributed by atoms with Gasteiger partial charge in [0.2, 0.25) is 5.91 Å². The maximum Gasteiger partial charge on any atom is 0.241 e. The summed E-state index contributed by atoms with van der Waals surface area (Å²) in [5, 5.41) is 7.09. The topological polar surface area (TPSA) is 72.9 Å². The molecule has 124 valence electrons. The number of hydrogen-bond acceptors (Lipinski definition) is 3. The van der Waals surface area contributed by atoms with E-state index in [1.165, 1.54) is 5.56 Å². The molecule has 2 rings (SSSR count). The van der Waals surface area contributed by atoms with E-state index in [-0.39, 0.29) is 5.91 Å². The van der Waals surface area contributed by atoms with Crippen molar-refractivity contribution in [3.05, 3.63) is 46.7 Å². The van der Waals surface area contributed by atoms with Crippen molar-refractivity contribution in [1.82, 2.24) is 9.78 Å². The lowest BCUT2D eigenvalue weighted by Crippen LogP contribution is -2.36. The molecule has 1 aromatic carbocycles. The molecule has 6 heteroatoms. The molecule has 1 aromatic heterocycles. The van der Waals surface area contributed by atoms with Gasteiger partial charge in [-0.15, -0.1) is 0 Å². The summed E-state index contributed by atoms with van der Waals surface area (Å²) in [6.07, 6.45) is 5.29. The van der Waals surface area contributed by atoms with Crippen LogP contribution in [0.4, 0.5) is 5.69 Å². The van der Waals surface area contributed by atoms with Crippen LogP contribution in [-0.4, -0.2) is 21.7 Å². The molecular weight excluding hydrogens is 356 g/mol. The average Bonchev–Trinajstić information content (AvgIpc) is 2.91. The van der Waals surface area contributed by atoms with E-state index in [1.807, 2.05) is 35.1 Å². The van der Waals surface area contributed by atoms with E-state index in [0.29, 0.717) is 12.3 Å². The van der Waals surface area contributed by atoms with Crippen LogP contribution in [-0.2, 0) is 17.8 Å². The molecule has 0 fully saturated rings. The first-order valence-electron chi connectivity index (χ1n) is 7.77. The third-order valence-electron chi connectivity index (χ3n) is 3.51. The van der Waals surface area contributed by atoms with E-state index < -0.39 is 6.04 Å². The molecule has 23 heavy (non-hydrogen) atoms. The number of amides is 1. The van der Waals surface area contributed by atoms with E-state index in [9.17, 15) is 4.79 Å². The normalized spacial score (nSPS) is 12.4. The van der Waals surface area contributed by atoms with Crippen LogP contribution in [0.5, 0.6) is 0 Å². The Balaban J connectivity index is 1.85. The van der Waals surface area contributed by atoms with Crippen LogP contribution >= 0.6 is 15.9 Å². The minimum atomic E-state index is -0.465. The molecule has 0 aliphatic heterocycles. The number of nitrogens with two attached hydrogens (primary N) is 1. The molecule has 1 amide bonds. The Hall–Kier alpha value is -1.66. The lowest BCUT2D eigenvalue weighted by atomic mass is 10.0. The molecule has 1 heterocycles. The zero-order valence-corrected chi connectivity index (χ0v) is 15.1. The van der Waals surface area contributed by atoms with Gasteiger partial charge < -0.3 is 11.1 Å². The summed E-state index contributed by atoms with van der Waals surface area (Å²) >= 11 is 3.38. The summed E-state index contributed by atoms with van der Waals surface area (Å²) in [7, 11) is 0. The Morgan fingerprint density at radius 3 is 2.61 bits per heavy atom. The first kappa shape index (κ1) is 17.7. The summed E-state index contributed by atoms with van der Waals surface area (Å²) in [5.41, 5.74) is 7.86.